The summed E-state index contributed by atoms with van der Waals surface area (Å²) in [5.74, 6) is -0.486. The molecule has 0 aliphatic carbocycles. The lowest BCUT2D eigenvalue weighted by Crippen LogP contribution is -2.39. The number of benzene rings is 1. The van der Waals surface area contributed by atoms with Gasteiger partial charge in [0.1, 0.15) is 12.6 Å². The van der Waals surface area contributed by atoms with Gasteiger partial charge in [-0.2, -0.15) is 0 Å². The van der Waals surface area contributed by atoms with Crippen molar-refractivity contribution in [1.29, 1.82) is 0 Å². The summed E-state index contributed by atoms with van der Waals surface area (Å²) in [5.41, 5.74) is 2.76. The molecule has 0 saturated heterocycles. The molecule has 1 aliphatic heterocycles. The Morgan fingerprint density at radius 2 is 1.97 bits per heavy atom. The first-order chi connectivity index (χ1) is 15.9. The second-order valence-corrected chi connectivity index (χ2v) is 9.70. The molecule has 0 fully saturated rings. The van der Waals surface area contributed by atoms with E-state index in [2.05, 4.69) is 4.99 Å². The highest BCUT2D eigenvalue weighted by atomic mass is 32.1. The largest absolute Gasteiger partial charge is 0.460 e. The van der Waals surface area contributed by atoms with Crippen molar-refractivity contribution in [2.24, 2.45) is 4.99 Å². The average molecular weight is 484 g/mol. The van der Waals surface area contributed by atoms with Crippen LogP contribution >= 0.6 is 22.7 Å². The summed E-state index contributed by atoms with van der Waals surface area (Å²) in [7, 11) is 5.52. The van der Waals surface area contributed by atoms with Gasteiger partial charge in [-0.1, -0.05) is 29.5 Å². The van der Waals surface area contributed by atoms with Gasteiger partial charge in [0.15, 0.2) is 4.80 Å². The Hall–Kier alpha value is -3.01. The number of rotatable bonds is 7. The maximum atomic E-state index is 13.5. The van der Waals surface area contributed by atoms with Crippen LogP contribution in [0.2, 0.25) is 0 Å². The molecule has 1 unspecified atom stereocenters. The molecule has 0 bridgehead atoms. The second-order valence-electron chi connectivity index (χ2n) is 7.71. The molecule has 3 heterocycles. The van der Waals surface area contributed by atoms with E-state index in [4.69, 9.17) is 9.47 Å². The van der Waals surface area contributed by atoms with Gasteiger partial charge in [-0.3, -0.25) is 9.36 Å². The number of allylic oxidation sites excluding steroid dienone is 1. The van der Waals surface area contributed by atoms with Gasteiger partial charge in [-0.15, -0.1) is 11.3 Å². The second kappa shape index (κ2) is 9.86. The fourth-order valence-electron chi connectivity index (χ4n) is 3.61. The maximum Gasteiger partial charge on any atom is 0.338 e. The number of carbonyl (C=O) groups is 1. The van der Waals surface area contributed by atoms with Crippen molar-refractivity contribution in [2.75, 3.05) is 39.3 Å². The summed E-state index contributed by atoms with van der Waals surface area (Å²) >= 11 is 2.82. The molecule has 1 aliphatic rings. The van der Waals surface area contributed by atoms with E-state index in [9.17, 15) is 9.59 Å². The zero-order valence-electron chi connectivity index (χ0n) is 18.9. The molecule has 7 nitrogen and oxygen atoms in total. The van der Waals surface area contributed by atoms with Crippen molar-refractivity contribution >= 4 is 40.4 Å². The lowest BCUT2D eigenvalue weighted by Gasteiger charge is -2.23. The van der Waals surface area contributed by atoms with Crippen LogP contribution in [0.3, 0.4) is 0 Å². The van der Waals surface area contributed by atoms with E-state index < -0.39 is 12.0 Å². The van der Waals surface area contributed by atoms with Gasteiger partial charge in [-0.05, 0) is 42.1 Å². The fourth-order valence-corrected chi connectivity index (χ4v) is 5.48. The molecule has 172 valence electrons. The van der Waals surface area contributed by atoms with Gasteiger partial charge in [0, 0.05) is 31.8 Å². The molecule has 3 aromatic rings. The van der Waals surface area contributed by atoms with Gasteiger partial charge in [0.25, 0.3) is 5.56 Å². The minimum atomic E-state index is -0.574. The smallest absolute Gasteiger partial charge is 0.338 e. The number of hydrogen-bond acceptors (Lipinski definition) is 8. The van der Waals surface area contributed by atoms with Crippen LogP contribution in [0.1, 0.15) is 23.4 Å². The number of carbonyl (C=O) groups excluding carboxylic acids is 1. The highest BCUT2D eigenvalue weighted by Crippen LogP contribution is 2.33. The molecule has 2 aromatic heterocycles. The third-order valence-corrected chi connectivity index (χ3v) is 7.19. The molecule has 1 aromatic carbocycles. The van der Waals surface area contributed by atoms with Crippen LogP contribution in [0, 0.1) is 0 Å². The van der Waals surface area contributed by atoms with Crippen molar-refractivity contribution in [2.45, 2.75) is 13.0 Å². The van der Waals surface area contributed by atoms with Crippen LogP contribution < -0.4 is 19.8 Å². The first-order valence-corrected chi connectivity index (χ1v) is 12.1. The normalized spacial score (nSPS) is 15.9. The van der Waals surface area contributed by atoms with Crippen LogP contribution in [0.25, 0.3) is 6.08 Å². The molecule has 0 amide bonds. The minimum Gasteiger partial charge on any atom is -0.460 e. The Bertz CT molecular complexity index is 1350. The first kappa shape index (κ1) is 23.2. The van der Waals surface area contributed by atoms with Gasteiger partial charge in [-0.25, -0.2) is 9.79 Å². The summed E-state index contributed by atoms with van der Waals surface area (Å²) in [5, 5.41) is 1.93. The van der Waals surface area contributed by atoms with Gasteiger partial charge in [0.2, 0.25) is 0 Å². The van der Waals surface area contributed by atoms with Crippen molar-refractivity contribution < 1.29 is 14.3 Å². The summed E-state index contributed by atoms with van der Waals surface area (Å²) in [6.07, 6.45) is 1.87. The van der Waals surface area contributed by atoms with Crippen molar-refractivity contribution in [3.8, 4) is 0 Å². The number of aromatic nitrogens is 1. The monoisotopic (exact) mass is 483 g/mol. The Labute approximate surface area is 199 Å². The van der Waals surface area contributed by atoms with Gasteiger partial charge < -0.3 is 14.4 Å². The molecular formula is C24H25N3O4S2. The number of methoxy groups -OCH3 is 1. The Kier molecular flexibility index (Phi) is 6.92. The van der Waals surface area contributed by atoms with Gasteiger partial charge >= 0.3 is 5.97 Å². The SMILES string of the molecule is COCCOC(=O)C1=C(C)N=c2sc(=Cc3ccc(N(C)C)cc3)c(=O)n2C1c1cccs1. The van der Waals surface area contributed by atoms with Crippen LogP contribution in [0.4, 0.5) is 5.69 Å². The molecular weight excluding hydrogens is 458 g/mol. The predicted molar refractivity (Wildman–Crippen MR) is 132 cm³/mol. The average Bonchev–Trinajstić information content (AvgIpc) is 3.42. The van der Waals surface area contributed by atoms with Crippen LogP contribution in [-0.2, 0) is 14.3 Å². The number of hydrogen-bond donors (Lipinski definition) is 0. The lowest BCUT2D eigenvalue weighted by atomic mass is 10.0. The number of fused-ring (bicyclic) bond motifs is 1. The highest BCUT2D eigenvalue weighted by Gasteiger charge is 2.34. The number of thiophene rings is 1. The van der Waals surface area contributed by atoms with E-state index >= 15 is 0 Å². The van der Waals surface area contributed by atoms with E-state index in [1.165, 1.54) is 22.7 Å². The molecule has 0 saturated carbocycles. The van der Waals surface area contributed by atoms with Gasteiger partial charge in [0.05, 0.1) is 22.4 Å². The zero-order chi connectivity index (χ0) is 23.5. The standard InChI is InChI=1S/C24H25N3O4S2/c1-15-20(23(29)31-12-11-30-4)21(18-6-5-13-32-18)27-22(28)19(33-24(27)25-15)14-16-7-9-17(10-8-16)26(2)3/h5-10,13-14,21H,11-12H2,1-4H3. The van der Waals surface area contributed by atoms with Crippen LogP contribution in [-0.4, -0.2) is 45.0 Å². The zero-order valence-corrected chi connectivity index (χ0v) is 20.5. The number of ether oxygens (including phenoxy) is 2. The third-order valence-electron chi connectivity index (χ3n) is 5.28. The summed E-state index contributed by atoms with van der Waals surface area (Å²) in [4.78, 5) is 34.6. The highest BCUT2D eigenvalue weighted by molar-refractivity contribution is 7.10. The lowest BCUT2D eigenvalue weighted by molar-refractivity contribution is -0.140. The van der Waals surface area contributed by atoms with Crippen LogP contribution in [0.15, 0.2) is 62.8 Å². The Balaban J connectivity index is 1.81. The van der Waals surface area contributed by atoms with Crippen molar-refractivity contribution in [3.63, 3.8) is 0 Å². The molecule has 0 spiro atoms. The molecule has 9 heteroatoms. The van der Waals surface area contributed by atoms with E-state index in [0.29, 0.717) is 27.2 Å². The van der Waals surface area contributed by atoms with Crippen molar-refractivity contribution in [3.05, 3.63) is 83.2 Å². The van der Waals surface area contributed by atoms with E-state index in [1.807, 2.05) is 66.8 Å². The molecule has 1 atom stereocenters. The third kappa shape index (κ3) is 4.71. The Morgan fingerprint density at radius 1 is 1.21 bits per heavy atom. The predicted octanol–water partition coefficient (Wildman–Crippen LogP) is 2.55. The summed E-state index contributed by atoms with van der Waals surface area (Å²) in [6, 6.07) is 11.2. The molecule has 0 N–H and O–H groups in total. The van der Waals surface area contributed by atoms with E-state index in [-0.39, 0.29) is 12.2 Å². The topological polar surface area (TPSA) is 73.1 Å². The van der Waals surface area contributed by atoms with Crippen molar-refractivity contribution in [1.82, 2.24) is 4.57 Å². The molecule has 0 radical (unpaired) electrons. The van der Waals surface area contributed by atoms with E-state index in [1.54, 1.807) is 18.6 Å². The van der Waals surface area contributed by atoms with Crippen LogP contribution in [0.5, 0.6) is 0 Å². The Morgan fingerprint density at radius 3 is 2.61 bits per heavy atom. The quantitative estimate of drug-likeness (QED) is 0.382. The molecule has 4 rings (SSSR count). The maximum absolute atomic E-state index is 13.5. The molecule has 33 heavy (non-hydrogen) atoms. The minimum absolute atomic E-state index is 0.136. The number of thiazole rings is 1. The summed E-state index contributed by atoms with van der Waals surface area (Å²) < 4.78 is 12.6. The first-order valence-electron chi connectivity index (χ1n) is 10.4. The number of anilines is 1. The fraction of sp³-hybridized carbons (Fsp3) is 0.292. The number of esters is 1. The summed E-state index contributed by atoms with van der Waals surface area (Å²) in [6.45, 7) is 2.22. The number of nitrogens with zero attached hydrogens (tertiary/aromatic N) is 3. The van der Waals surface area contributed by atoms with E-state index in [0.717, 1.165) is 16.1 Å².